The molecule has 1 saturated carbocycles. The zero-order valence-electron chi connectivity index (χ0n) is 18.3. The molecular weight excluding hydrogens is 368 g/mol. The molecule has 2 aliphatic rings. The molecule has 0 spiro atoms. The molecule has 0 saturated heterocycles. The molecule has 0 radical (unpaired) electrons. The quantitative estimate of drug-likeness (QED) is 0.693. The van der Waals surface area contributed by atoms with E-state index in [2.05, 4.69) is 32.9 Å². The third-order valence-electron chi connectivity index (χ3n) is 7.10. The molecule has 3 rings (SSSR count). The van der Waals surface area contributed by atoms with E-state index in [0.29, 0.717) is 11.5 Å². The van der Waals surface area contributed by atoms with Gasteiger partial charge in [0.2, 0.25) is 5.78 Å². The molecule has 0 N–H and O–H groups in total. The molecule has 5 nitrogen and oxygen atoms in total. The number of rotatable bonds is 4. The van der Waals surface area contributed by atoms with Gasteiger partial charge in [0.1, 0.15) is 0 Å². The maximum atomic E-state index is 13.6. The van der Waals surface area contributed by atoms with Gasteiger partial charge in [-0.2, -0.15) is 0 Å². The Morgan fingerprint density at radius 3 is 2.48 bits per heavy atom. The molecule has 1 fully saturated rings. The van der Waals surface area contributed by atoms with Crippen molar-refractivity contribution in [1.82, 2.24) is 0 Å². The number of hydrogen-bond donors (Lipinski definition) is 0. The summed E-state index contributed by atoms with van der Waals surface area (Å²) in [6, 6.07) is 6.13. The second-order valence-electron chi connectivity index (χ2n) is 9.51. The maximum Gasteiger partial charge on any atom is 0.306 e. The largest absolute Gasteiger partial charge is 0.469 e. The van der Waals surface area contributed by atoms with Crippen LogP contribution in [0.25, 0.3) is 0 Å². The van der Waals surface area contributed by atoms with Crippen LogP contribution in [0.1, 0.15) is 87.7 Å². The highest BCUT2D eigenvalue weighted by Gasteiger charge is 2.60. The molecule has 1 aromatic carbocycles. The lowest BCUT2D eigenvalue weighted by Gasteiger charge is -2.56. The molecule has 158 valence electrons. The molecule has 0 bridgehead atoms. The fraction of sp³-hybridized carbons (Fsp3) is 0.625. The summed E-state index contributed by atoms with van der Waals surface area (Å²) in [7, 11) is 1.38. The lowest BCUT2D eigenvalue weighted by atomic mass is 9.48. The van der Waals surface area contributed by atoms with Crippen molar-refractivity contribution in [1.29, 1.82) is 0 Å². The van der Waals surface area contributed by atoms with Gasteiger partial charge in [-0.3, -0.25) is 14.4 Å². The molecule has 2 unspecified atom stereocenters. The van der Waals surface area contributed by atoms with Gasteiger partial charge >= 0.3 is 11.9 Å². The second-order valence-corrected chi connectivity index (χ2v) is 9.51. The number of Topliss-reactive ketones (excluding diaryl/α,β-unsaturated/α-hetero) is 1. The Kier molecular flexibility index (Phi) is 5.63. The van der Waals surface area contributed by atoms with Crippen molar-refractivity contribution in [3.8, 4) is 0 Å². The topological polar surface area (TPSA) is 69.7 Å². The van der Waals surface area contributed by atoms with Crippen molar-refractivity contribution in [2.75, 3.05) is 7.11 Å². The van der Waals surface area contributed by atoms with E-state index >= 15 is 0 Å². The van der Waals surface area contributed by atoms with E-state index in [1.807, 2.05) is 13.0 Å². The first-order valence-corrected chi connectivity index (χ1v) is 10.5. The number of carbonyl (C=O) groups excluding carboxylic acids is 3. The highest BCUT2D eigenvalue weighted by atomic mass is 16.5. The maximum absolute atomic E-state index is 13.6. The molecule has 0 aromatic heterocycles. The number of fused-ring (bicyclic) bond motifs is 3. The average Bonchev–Trinajstić information content (AvgIpc) is 2.64. The minimum atomic E-state index is -0.887. The predicted molar refractivity (Wildman–Crippen MR) is 110 cm³/mol. The lowest BCUT2D eigenvalue weighted by Crippen LogP contribution is -2.59. The average molecular weight is 401 g/mol. The summed E-state index contributed by atoms with van der Waals surface area (Å²) in [6.07, 6.45) is 1.92. The number of methoxy groups -OCH3 is 1. The van der Waals surface area contributed by atoms with Crippen LogP contribution < -0.4 is 0 Å². The van der Waals surface area contributed by atoms with Gasteiger partial charge in [0.25, 0.3) is 0 Å². The van der Waals surface area contributed by atoms with Gasteiger partial charge < -0.3 is 9.47 Å². The van der Waals surface area contributed by atoms with Crippen molar-refractivity contribution in [3.63, 3.8) is 0 Å². The first-order valence-electron chi connectivity index (χ1n) is 10.5. The minimum Gasteiger partial charge on any atom is -0.469 e. The van der Waals surface area contributed by atoms with E-state index in [0.717, 1.165) is 30.4 Å². The van der Waals surface area contributed by atoms with Gasteiger partial charge in [-0.15, -0.1) is 0 Å². The number of esters is 2. The Hall–Kier alpha value is -2.17. The second kappa shape index (κ2) is 7.58. The van der Waals surface area contributed by atoms with Crippen LogP contribution in [0, 0.1) is 11.3 Å². The van der Waals surface area contributed by atoms with E-state index in [1.54, 1.807) is 0 Å². The molecular formula is C24H32O5. The highest BCUT2D eigenvalue weighted by Crippen LogP contribution is 2.59. The summed E-state index contributed by atoms with van der Waals surface area (Å²) in [5.74, 6) is -0.913. The summed E-state index contributed by atoms with van der Waals surface area (Å²) in [6.45, 7) is 9.71. The van der Waals surface area contributed by atoms with Gasteiger partial charge in [0.05, 0.1) is 13.5 Å². The summed E-state index contributed by atoms with van der Waals surface area (Å²) < 4.78 is 10.6. The number of benzene rings is 1. The fourth-order valence-electron chi connectivity index (χ4n) is 5.77. The zero-order chi connectivity index (χ0) is 21.6. The van der Waals surface area contributed by atoms with E-state index in [4.69, 9.17) is 9.47 Å². The molecule has 2 aliphatic carbocycles. The molecule has 29 heavy (non-hydrogen) atoms. The van der Waals surface area contributed by atoms with E-state index in [-0.39, 0.29) is 29.5 Å². The number of carbonyl (C=O) groups is 3. The molecule has 1 aromatic rings. The monoisotopic (exact) mass is 400 g/mol. The SMILES string of the molecule is COC(=O)C[C@@]1(C)CCC[C@]2(C)c3ccc(C(C)C)cc3C(=O)C(OC(C)=O)C12. The van der Waals surface area contributed by atoms with Crippen LogP contribution in [0.2, 0.25) is 0 Å². The van der Waals surface area contributed by atoms with Crippen LogP contribution in [0.15, 0.2) is 18.2 Å². The fourth-order valence-corrected chi connectivity index (χ4v) is 5.77. The van der Waals surface area contributed by atoms with Crippen LogP contribution in [-0.2, 0) is 24.5 Å². The Morgan fingerprint density at radius 2 is 1.90 bits per heavy atom. The number of ketones is 1. The summed E-state index contributed by atoms with van der Waals surface area (Å²) >= 11 is 0. The molecule has 5 heteroatoms. The third kappa shape index (κ3) is 3.60. The van der Waals surface area contributed by atoms with Gasteiger partial charge in [-0.1, -0.05) is 46.2 Å². The van der Waals surface area contributed by atoms with Crippen LogP contribution in [-0.4, -0.2) is 30.9 Å². The Labute approximate surface area is 173 Å². The third-order valence-corrected chi connectivity index (χ3v) is 7.10. The van der Waals surface area contributed by atoms with Crippen LogP contribution in [0.3, 0.4) is 0 Å². The Morgan fingerprint density at radius 1 is 1.21 bits per heavy atom. The molecule has 0 aliphatic heterocycles. The summed E-state index contributed by atoms with van der Waals surface area (Å²) in [4.78, 5) is 37.7. The van der Waals surface area contributed by atoms with Crippen molar-refractivity contribution >= 4 is 17.7 Å². The van der Waals surface area contributed by atoms with Crippen LogP contribution >= 0.6 is 0 Å². The predicted octanol–water partition coefficient (Wildman–Crippen LogP) is 4.57. The smallest absolute Gasteiger partial charge is 0.306 e. The van der Waals surface area contributed by atoms with Crippen molar-refractivity contribution in [2.45, 2.75) is 77.7 Å². The van der Waals surface area contributed by atoms with Crippen molar-refractivity contribution in [3.05, 3.63) is 34.9 Å². The standard InChI is InChI=1S/C24H32O5/c1-14(2)16-8-9-18-17(12-16)20(27)21(29-15(3)25)22-23(4,13-19(26)28-6)10-7-11-24(18,22)5/h8-9,12,14,21-22H,7,10-11,13H2,1-6H3/t21?,22?,23-,24-/m1/s1. The normalized spacial score (nSPS) is 31.1. The highest BCUT2D eigenvalue weighted by molar-refractivity contribution is 6.04. The van der Waals surface area contributed by atoms with E-state index < -0.39 is 17.5 Å². The van der Waals surface area contributed by atoms with Gasteiger partial charge in [-0.25, -0.2) is 0 Å². The van der Waals surface area contributed by atoms with Gasteiger partial charge in [0, 0.05) is 23.8 Å². The minimum absolute atomic E-state index is 0.154. The van der Waals surface area contributed by atoms with Crippen LogP contribution in [0.4, 0.5) is 0 Å². The zero-order valence-corrected chi connectivity index (χ0v) is 18.3. The van der Waals surface area contributed by atoms with E-state index in [1.165, 1.54) is 14.0 Å². The lowest BCUT2D eigenvalue weighted by molar-refractivity contribution is -0.157. The summed E-state index contributed by atoms with van der Waals surface area (Å²) in [5, 5.41) is 0. The molecule has 0 amide bonds. The van der Waals surface area contributed by atoms with E-state index in [9.17, 15) is 14.4 Å². The molecule has 4 atom stereocenters. The van der Waals surface area contributed by atoms with Gasteiger partial charge in [-0.05, 0) is 41.4 Å². The molecule has 0 heterocycles. The Bertz CT molecular complexity index is 842. The first-order chi connectivity index (χ1) is 13.5. The number of hydrogen-bond acceptors (Lipinski definition) is 5. The Balaban J connectivity index is 2.20. The van der Waals surface area contributed by atoms with Crippen molar-refractivity contribution < 1.29 is 23.9 Å². The van der Waals surface area contributed by atoms with Gasteiger partial charge in [0.15, 0.2) is 6.10 Å². The van der Waals surface area contributed by atoms with Crippen LogP contribution in [0.5, 0.6) is 0 Å². The first kappa shape index (κ1) is 21.5. The summed E-state index contributed by atoms with van der Waals surface area (Å²) in [5.41, 5.74) is 1.90. The van der Waals surface area contributed by atoms with Crippen molar-refractivity contribution in [2.24, 2.45) is 11.3 Å². The number of ether oxygens (including phenoxy) is 2.